The summed E-state index contributed by atoms with van der Waals surface area (Å²) in [7, 11) is -3.31. The predicted molar refractivity (Wildman–Crippen MR) is 143 cm³/mol. The lowest BCUT2D eigenvalue weighted by molar-refractivity contribution is 0.560. The van der Waals surface area contributed by atoms with E-state index in [1.54, 1.807) is 20.8 Å². The topological polar surface area (TPSA) is 456 Å². The number of rotatable bonds is 1. The summed E-state index contributed by atoms with van der Waals surface area (Å²) < 4.78 is 46.6. The van der Waals surface area contributed by atoms with E-state index in [2.05, 4.69) is 37.6 Å². The van der Waals surface area contributed by atoms with Gasteiger partial charge in [-0.3, -0.25) is 0 Å². The molecule has 0 atom stereocenters. The number of sulfone groups is 1. The molecule has 0 aromatic heterocycles. The van der Waals surface area contributed by atoms with E-state index >= 15 is 0 Å². The molecule has 0 radical (unpaired) electrons. The van der Waals surface area contributed by atoms with Crippen LogP contribution in [0.25, 0.3) is 0 Å². The third kappa shape index (κ3) is 41.3. The SMILES string of the molecule is CC(C)(C)S(=O)(=O)c1ccc(C#N)cc1.O.O.O.O.O.O.O.O.O.O.O.O=S.O=S.O=S.S.S. The minimum Gasteiger partial charge on any atom is -0.412 e. The zero-order valence-electron chi connectivity index (χ0n) is 17.9. The van der Waals surface area contributed by atoms with Gasteiger partial charge < -0.3 is 60.2 Å². The maximum absolute atomic E-state index is 12.0. The molecule has 1 rings (SSSR count). The molecule has 22 N–H and O–H groups in total. The van der Waals surface area contributed by atoms with Gasteiger partial charge in [-0.05, 0) is 45.0 Å². The average molecular weight is 634 g/mol. The number of nitriles is 1. The molecule has 0 heterocycles. The second kappa shape index (κ2) is 63.5. The third-order valence-electron chi connectivity index (χ3n) is 2.10. The number of nitrogens with zero attached hydrogens (tertiary/aromatic N) is 1. The van der Waals surface area contributed by atoms with Crippen molar-refractivity contribution < 1.29 is 81.3 Å². The van der Waals surface area contributed by atoms with E-state index < -0.39 is 14.6 Å². The molecule has 0 saturated carbocycles. The molecule has 0 saturated heterocycles. The first-order valence-electron chi connectivity index (χ1n) is 5.04. The molecule has 1 aromatic carbocycles. The van der Waals surface area contributed by atoms with E-state index in [0.29, 0.717) is 5.56 Å². The average Bonchev–Trinajstić information content (AvgIpc) is 2.52. The molecule has 220 valence electrons. The lowest BCUT2D eigenvalue weighted by Crippen LogP contribution is -2.27. The molecule has 0 unspecified atom stereocenters. The summed E-state index contributed by atoms with van der Waals surface area (Å²) in [5.74, 6) is 0. The first-order valence-corrected chi connectivity index (χ1v) is 7.52. The fourth-order valence-electron chi connectivity index (χ4n) is 1.06. The quantitative estimate of drug-likeness (QED) is 0.283. The van der Waals surface area contributed by atoms with Gasteiger partial charge >= 0.3 is 0 Å². The molecule has 23 heteroatoms. The minimum atomic E-state index is -3.31. The van der Waals surface area contributed by atoms with Gasteiger partial charge in [0, 0.05) is 0 Å². The molecular weight excluding hydrogens is 595 g/mol. The molecule has 0 bridgehead atoms. The van der Waals surface area contributed by atoms with E-state index in [1.807, 2.05) is 6.07 Å². The predicted octanol–water partition coefficient (Wildman–Crippen LogP) is -7.72. The number of benzene rings is 1. The Bertz CT molecular complexity index is 562. The van der Waals surface area contributed by atoms with Crippen LogP contribution in [0, 0.1) is 11.3 Å². The van der Waals surface area contributed by atoms with Crippen LogP contribution in [0.4, 0.5) is 0 Å². The van der Waals surface area contributed by atoms with Crippen molar-refractivity contribution in [3.63, 3.8) is 0 Å². The number of hydrogen-bond acceptors (Lipinski definition) is 9. The van der Waals surface area contributed by atoms with Crippen molar-refractivity contribution in [2.45, 2.75) is 30.4 Å². The highest BCUT2D eigenvalue weighted by atomic mass is 32.2. The van der Waals surface area contributed by atoms with Crippen molar-refractivity contribution in [2.24, 2.45) is 0 Å². The fraction of sp³-hybridized carbons (Fsp3) is 0.364. The Morgan fingerprint density at radius 3 is 0.971 bits per heavy atom. The van der Waals surface area contributed by atoms with Crippen LogP contribution in [0.3, 0.4) is 0 Å². The Morgan fingerprint density at radius 2 is 0.824 bits per heavy atom. The first kappa shape index (κ1) is 117. The van der Waals surface area contributed by atoms with Gasteiger partial charge in [-0.2, -0.15) is 44.9 Å². The Morgan fingerprint density at radius 1 is 0.618 bits per heavy atom. The van der Waals surface area contributed by atoms with Crippen LogP contribution in [0.1, 0.15) is 26.3 Å². The highest BCUT2D eigenvalue weighted by molar-refractivity contribution is 7.92. The highest BCUT2D eigenvalue weighted by Crippen LogP contribution is 2.24. The van der Waals surface area contributed by atoms with Gasteiger partial charge in [0.25, 0.3) is 0 Å². The van der Waals surface area contributed by atoms with Crippen LogP contribution in [-0.4, -0.2) is 86.0 Å². The standard InChI is InChI=1S/C11H13NO2S.3OS.11H2O.2H2S/c1-11(2,3)15(13,14)10-6-4-9(8-12)5-7-10;3*1-2;;;;;;;;;;;;;/h4-7H,1-3H3;;;;13*1H2. The Hall–Kier alpha value is -1.02. The Balaban J connectivity index is -0.0000000114. The van der Waals surface area contributed by atoms with Crippen LogP contribution >= 0.6 is 27.0 Å². The maximum Gasteiger partial charge on any atom is 0.197 e. The normalized spacial score (nSPS) is 5.71. The molecule has 0 aliphatic heterocycles. The lowest BCUT2D eigenvalue weighted by atomic mass is 10.2. The molecule has 0 spiro atoms. The summed E-state index contributed by atoms with van der Waals surface area (Å²) in [6.07, 6.45) is 0. The maximum atomic E-state index is 12.0. The van der Waals surface area contributed by atoms with Crippen molar-refractivity contribution in [1.82, 2.24) is 0 Å². The summed E-state index contributed by atoms with van der Waals surface area (Å²) in [6, 6.07) is 7.92. The zero-order valence-corrected chi connectivity index (χ0v) is 23.2. The van der Waals surface area contributed by atoms with Gasteiger partial charge in [0.2, 0.25) is 0 Å². The summed E-state index contributed by atoms with van der Waals surface area (Å²) in [5, 5.41) is 8.59. The summed E-state index contributed by atoms with van der Waals surface area (Å²) in [4.78, 5) is 0.258. The monoisotopic (exact) mass is 633 g/mol. The molecule has 0 aliphatic carbocycles. The van der Waals surface area contributed by atoms with Crippen molar-refractivity contribution in [3.05, 3.63) is 29.8 Å². The Kier molecular flexibility index (Phi) is 219. The van der Waals surface area contributed by atoms with Gasteiger partial charge in [0.15, 0.2) is 47.4 Å². The third-order valence-corrected chi connectivity index (χ3v) is 4.61. The van der Waals surface area contributed by atoms with Crippen LogP contribution in [0.5, 0.6) is 0 Å². The van der Waals surface area contributed by atoms with E-state index in [4.69, 9.17) is 17.9 Å². The first-order chi connectivity index (χ1) is 9.79. The van der Waals surface area contributed by atoms with Gasteiger partial charge in [-0.15, -0.1) is 0 Å². The molecule has 0 amide bonds. The van der Waals surface area contributed by atoms with Gasteiger partial charge in [0.1, 0.15) is 0 Å². The van der Waals surface area contributed by atoms with E-state index in [9.17, 15) is 8.42 Å². The van der Waals surface area contributed by atoms with Gasteiger partial charge in [0.05, 0.1) is 21.3 Å². The van der Waals surface area contributed by atoms with Gasteiger partial charge in [-0.25, -0.2) is 8.42 Å². The van der Waals surface area contributed by atoms with Crippen LogP contribution < -0.4 is 0 Å². The summed E-state index contributed by atoms with van der Waals surface area (Å²) in [5.41, 5.74) is 0.461. The van der Waals surface area contributed by atoms with Gasteiger partial charge in [-0.1, -0.05) is 0 Å². The Labute approximate surface area is 226 Å². The molecule has 17 nitrogen and oxygen atoms in total. The van der Waals surface area contributed by atoms with Crippen molar-refractivity contribution >= 4 is 74.4 Å². The van der Waals surface area contributed by atoms with E-state index in [0.717, 1.165) is 0 Å². The van der Waals surface area contributed by atoms with Crippen molar-refractivity contribution in [3.8, 4) is 6.07 Å². The van der Waals surface area contributed by atoms with Crippen molar-refractivity contribution in [1.29, 1.82) is 5.26 Å². The summed E-state index contributed by atoms with van der Waals surface area (Å²) >= 11 is 8.50. The van der Waals surface area contributed by atoms with Crippen LogP contribution in [0.2, 0.25) is 0 Å². The molecule has 0 fully saturated rings. The summed E-state index contributed by atoms with van der Waals surface area (Å²) in [6.45, 7) is 4.96. The van der Waals surface area contributed by atoms with E-state index in [1.165, 1.54) is 24.3 Å². The number of hydrogen-bond donors (Lipinski definition) is 0. The van der Waals surface area contributed by atoms with Crippen molar-refractivity contribution in [2.75, 3.05) is 0 Å². The zero-order chi connectivity index (χ0) is 17.7. The highest BCUT2D eigenvalue weighted by Gasteiger charge is 2.30. The molecular formula is C11H39NO16S6. The second-order valence-electron chi connectivity index (χ2n) is 4.25. The molecule has 0 aliphatic rings. The van der Waals surface area contributed by atoms with E-state index in [-0.39, 0.29) is 92.1 Å². The van der Waals surface area contributed by atoms with Crippen LogP contribution in [0.15, 0.2) is 29.2 Å². The minimum absolute atomic E-state index is 0. The fourth-order valence-corrected chi connectivity index (χ4v) is 2.26. The smallest absolute Gasteiger partial charge is 0.197 e. The second-order valence-corrected chi connectivity index (χ2v) is 6.96. The molecule has 1 aromatic rings. The molecule has 34 heavy (non-hydrogen) atoms. The van der Waals surface area contributed by atoms with Crippen LogP contribution in [-0.2, 0) is 47.4 Å². The lowest BCUT2D eigenvalue weighted by Gasteiger charge is -2.19. The largest absolute Gasteiger partial charge is 0.412 e.